The number of nitrogens with two attached hydrogens (primary N) is 1. The lowest BCUT2D eigenvalue weighted by Gasteiger charge is -2.26. The quantitative estimate of drug-likeness (QED) is 0.836. The third kappa shape index (κ3) is 2.78. The Bertz CT molecular complexity index is 384. The fourth-order valence-corrected chi connectivity index (χ4v) is 4.29. The van der Waals surface area contributed by atoms with E-state index >= 15 is 0 Å². The minimum atomic E-state index is -0.517. The first-order chi connectivity index (χ1) is 8.16. The van der Waals surface area contributed by atoms with Gasteiger partial charge in [-0.15, -0.1) is 10.2 Å². The Morgan fingerprint density at radius 1 is 1.82 bits per heavy atom. The van der Waals surface area contributed by atoms with Gasteiger partial charge in [0.1, 0.15) is 5.51 Å². The molecule has 0 aliphatic heterocycles. The summed E-state index contributed by atoms with van der Waals surface area (Å²) in [5.74, 6) is -0.236. The maximum absolute atomic E-state index is 11.6. The number of carbonyl (C=O) groups is 1. The van der Waals surface area contributed by atoms with Gasteiger partial charge in [-0.1, -0.05) is 30.0 Å². The molecular formula is C10H16N4OS2. The Morgan fingerprint density at radius 2 is 2.65 bits per heavy atom. The summed E-state index contributed by atoms with van der Waals surface area (Å²) >= 11 is 3.24. The lowest BCUT2D eigenvalue weighted by molar-refractivity contribution is -0.124. The van der Waals surface area contributed by atoms with Crippen molar-refractivity contribution in [2.24, 2.45) is 5.73 Å². The lowest BCUT2D eigenvalue weighted by atomic mass is 9.97. The van der Waals surface area contributed by atoms with Crippen LogP contribution in [0.2, 0.25) is 0 Å². The van der Waals surface area contributed by atoms with Crippen molar-refractivity contribution in [2.45, 2.75) is 41.3 Å². The Balaban J connectivity index is 1.99. The number of hydrogen-bond donors (Lipinski definition) is 2. The number of primary amides is 1. The van der Waals surface area contributed by atoms with Gasteiger partial charge in [0, 0.05) is 5.25 Å². The number of carbonyl (C=O) groups excluding carboxylic acids is 1. The summed E-state index contributed by atoms with van der Waals surface area (Å²) in [5.41, 5.74) is 6.73. The second-order valence-corrected chi connectivity index (χ2v) is 6.54. The van der Waals surface area contributed by atoms with E-state index in [0.29, 0.717) is 5.25 Å². The first-order valence-corrected chi connectivity index (χ1v) is 7.40. The van der Waals surface area contributed by atoms with Gasteiger partial charge in [0.2, 0.25) is 5.91 Å². The Morgan fingerprint density at radius 3 is 3.24 bits per heavy atom. The van der Waals surface area contributed by atoms with Crippen LogP contribution in [0.4, 0.5) is 0 Å². The zero-order valence-corrected chi connectivity index (χ0v) is 11.3. The number of nitrogens with zero attached hydrogens (tertiary/aromatic N) is 2. The number of thioether (sulfide) groups is 1. The molecule has 1 amide bonds. The smallest absolute Gasteiger partial charge is 0.237 e. The highest BCUT2D eigenvalue weighted by Crippen LogP contribution is 2.40. The van der Waals surface area contributed by atoms with E-state index in [4.69, 9.17) is 5.73 Å². The minimum absolute atomic E-state index is 0.236. The predicted molar refractivity (Wildman–Crippen MR) is 69.0 cm³/mol. The first-order valence-electron chi connectivity index (χ1n) is 5.64. The number of aromatic nitrogens is 2. The molecule has 0 bridgehead atoms. The van der Waals surface area contributed by atoms with E-state index in [1.165, 1.54) is 11.3 Å². The molecular weight excluding hydrogens is 256 g/mol. The van der Waals surface area contributed by atoms with Gasteiger partial charge in [-0.3, -0.25) is 4.79 Å². The molecule has 2 unspecified atom stereocenters. The lowest BCUT2D eigenvalue weighted by Crippen LogP contribution is -2.53. The van der Waals surface area contributed by atoms with Crippen LogP contribution in [0, 0.1) is 0 Å². The van der Waals surface area contributed by atoms with Gasteiger partial charge >= 0.3 is 0 Å². The topological polar surface area (TPSA) is 80.9 Å². The van der Waals surface area contributed by atoms with Gasteiger partial charge in [0.25, 0.3) is 0 Å². The van der Waals surface area contributed by atoms with Crippen molar-refractivity contribution >= 4 is 29.0 Å². The minimum Gasteiger partial charge on any atom is -0.368 e. The standard InChI is InChI=1S/C10H16N4OS2/c1-2-12-10(8(11)15)4-3-7(5-10)17-9-14-13-6-16-9/h6-7,12H,2-5H2,1H3,(H2,11,15). The molecule has 0 saturated heterocycles. The van der Waals surface area contributed by atoms with E-state index in [0.717, 1.165) is 30.1 Å². The molecule has 0 radical (unpaired) electrons. The van der Waals surface area contributed by atoms with Crippen molar-refractivity contribution < 1.29 is 4.79 Å². The van der Waals surface area contributed by atoms with Crippen molar-refractivity contribution in [3.8, 4) is 0 Å². The SMILES string of the molecule is CCNC1(C(N)=O)CCC(Sc2nncs2)C1. The molecule has 1 saturated carbocycles. The fourth-order valence-electron chi connectivity index (χ4n) is 2.27. The molecule has 17 heavy (non-hydrogen) atoms. The van der Waals surface area contributed by atoms with E-state index in [1.54, 1.807) is 17.3 Å². The number of hydrogen-bond acceptors (Lipinski definition) is 6. The molecule has 1 aromatic rings. The van der Waals surface area contributed by atoms with Gasteiger partial charge in [-0.2, -0.15) is 0 Å². The molecule has 1 heterocycles. The number of likely N-dealkylation sites (N-methyl/N-ethyl adjacent to an activating group) is 1. The van der Waals surface area contributed by atoms with E-state index < -0.39 is 5.54 Å². The summed E-state index contributed by atoms with van der Waals surface area (Å²) in [7, 11) is 0. The molecule has 7 heteroatoms. The molecule has 1 aromatic heterocycles. The van der Waals surface area contributed by atoms with Crippen LogP contribution in [0.25, 0.3) is 0 Å². The third-order valence-electron chi connectivity index (χ3n) is 3.06. The summed E-state index contributed by atoms with van der Waals surface area (Å²) in [5, 5.41) is 11.5. The average molecular weight is 272 g/mol. The maximum Gasteiger partial charge on any atom is 0.237 e. The summed E-state index contributed by atoms with van der Waals surface area (Å²) < 4.78 is 0.965. The van der Waals surface area contributed by atoms with Crippen LogP contribution in [0.3, 0.4) is 0 Å². The van der Waals surface area contributed by atoms with Crippen molar-refractivity contribution in [3.63, 3.8) is 0 Å². The molecule has 0 aromatic carbocycles. The van der Waals surface area contributed by atoms with Gasteiger partial charge < -0.3 is 11.1 Å². The summed E-state index contributed by atoms with van der Waals surface area (Å²) in [4.78, 5) is 11.6. The molecule has 2 atom stereocenters. The normalized spacial score (nSPS) is 28.4. The van der Waals surface area contributed by atoms with Crippen LogP contribution in [0.1, 0.15) is 26.2 Å². The van der Waals surface area contributed by atoms with Gasteiger partial charge in [0.15, 0.2) is 4.34 Å². The highest BCUT2D eigenvalue weighted by atomic mass is 32.2. The highest BCUT2D eigenvalue weighted by molar-refractivity contribution is 8.01. The molecule has 1 aliphatic rings. The number of nitrogens with one attached hydrogen (secondary N) is 1. The van der Waals surface area contributed by atoms with Crippen LogP contribution in [-0.4, -0.2) is 33.4 Å². The third-order valence-corrected chi connectivity index (χ3v) is 5.14. The number of amides is 1. The fraction of sp³-hybridized carbons (Fsp3) is 0.700. The predicted octanol–water partition coefficient (Wildman–Crippen LogP) is 1.02. The zero-order valence-electron chi connectivity index (χ0n) is 9.68. The van der Waals surface area contributed by atoms with Crippen LogP contribution in [-0.2, 0) is 4.79 Å². The van der Waals surface area contributed by atoms with Crippen LogP contribution < -0.4 is 11.1 Å². The monoisotopic (exact) mass is 272 g/mol. The van der Waals surface area contributed by atoms with E-state index in [1.807, 2.05) is 6.92 Å². The molecule has 94 valence electrons. The van der Waals surface area contributed by atoms with E-state index in [2.05, 4.69) is 15.5 Å². The summed E-state index contributed by atoms with van der Waals surface area (Å²) in [6.07, 6.45) is 2.58. The van der Waals surface area contributed by atoms with Crippen molar-refractivity contribution in [3.05, 3.63) is 5.51 Å². The van der Waals surface area contributed by atoms with Crippen LogP contribution in [0.15, 0.2) is 9.85 Å². The number of rotatable bonds is 5. The van der Waals surface area contributed by atoms with E-state index in [-0.39, 0.29) is 5.91 Å². The first kappa shape index (κ1) is 12.8. The van der Waals surface area contributed by atoms with Crippen molar-refractivity contribution in [1.82, 2.24) is 15.5 Å². The van der Waals surface area contributed by atoms with Gasteiger partial charge in [0.05, 0.1) is 5.54 Å². The Labute approximate surface area is 109 Å². The zero-order chi connectivity index (χ0) is 12.3. The van der Waals surface area contributed by atoms with Gasteiger partial charge in [-0.25, -0.2) is 0 Å². The average Bonchev–Trinajstić information content (AvgIpc) is 2.90. The summed E-state index contributed by atoms with van der Waals surface area (Å²) in [6, 6.07) is 0. The molecule has 1 aliphatic carbocycles. The van der Waals surface area contributed by atoms with Crippen LogP contribution in [0.5, 0.6) is 0 Å². The Hall–Kier alpha value is -0.660. The van der Waals surface area contributed by atoms with E-state index in [9.17, 15) is 4.79 Å². The second kappa shape index (κ2) is 5.32. The molecule has 2 rings (SSSR count). The molecule has 5 nitrogen and oxygen atoms in total. The molecule has 0 spiro atoms. The Kier molecular flexibility index (Phi) is 4.01. The maximum atomic E-state index is 11.6. The second-order valence-electron chi connectivity index (χ2n) is 4.16. The molecule has 3 N–H and O–H groups in total. The van der Waals surface area contributed by atoms with Crippen molar-refractivity contribution in [2.75, 3.05) is 6.54 Å². The molecule has 1 fully saturated rings. The summed E-state index contributed by atoms with van der Waals surface area (Å²) in [6.45, 7) is 2.76. The highest BCUT2D eigenvalue weighted by Gasteiger charge is 2.43. The largest absolute Gasteiger partial charge is 0.368 e. The van der Waals surface area contributed by atoms with Gasteiger partial charge in [-0.05, 0) is 25.8 Å². The van der Waals surface area contributed by atoms with Crippen molar-refractivity contribution in [1.29, 1.82) is 0 Å². The van der Waals surface area contributed by atoms with Crippen LogP contribution >= 0.6 is 23.1 Å².